The van der Waals surface area contributed by atoms with Crippen LogP contribution in [0.25, 0.3) is 0 Å². The van der Waals surface area contributed by atoms with E-state index in [4.69, 9.17) is 4.74 Å². The Morgan fingerprint density at radius 3 is 2.68 bits per heavy atom. The zero-order valence-corrected chi connectivity index (χ0v) is 15.5. The topological polar surface area (TPSA) is 29.5 Å². The summed E-state index contributed by atoms with van der Waals surface area (Å²) in [7, 11) is 1.55. The highest BCUT2D eigenvalue weighted by atomic mass is 79.9. The molecule has 1 saturated heterocycles. The molecule has 1 aliphatic rings. The molecular formula is C17H13BrF3NO2S. The molecule has 2 aromatic rings. The standard InChI is InChI=1S/C17H13BrF3NO2S/c1-24-13-5-2-9(8-11(13)18)17-22(6-7-25-17)16(23)10-3-4-12(19)15(21)14(10)20/h2-5,8,17H,6-7H2,1H3. The van der Waals surface area contributed by atoms with Crippen molar-refractivity contribution in [2.75, 3.05) is 19.4 Å². The minimum atomic E-state index is -1.64. The van der Waals surface area contributed by atoms with E-state index in [0.29, 0.717) is 18.0 Å². The predicted molar refractivity (Wildman–Crippen MR) is 93.2 cm³/mol. The molecule has 2 aromatic carbocycles. The molecule has 0 N–H and O–H groups in total. The van der Waals surface area contributed by atoms with E-state index in [1.165, 1.54) is 16.7 Å². The van der Waals surface area contributed by atoms with E-state index in [2.05, 4.69) is 15.9 Å². The Balaban J connectivity index is 1.93. The Morgan fingerprint density at radius 1 is 1.24 bits per heavy atom. The molecule has 1 atom stereocenters. The lowest BCUT2D eigenvalue weighted by atomic mass is 10.1. The quantitative estimate of drug-likeness (QED) is 0.655. The normalized spacial score (nSPS) is 17.0. The molecule has 3 nitrogen and oxygen atoms in total. The molecule has 0 bridgehead atoms. The largest absolute Gasteiger partial charge is 0.496 e. The maximum atomic E-state index is 14.0. The fourth-order valence-electron chi connectivity index (χ4n) is 2.64. The maximum Gasteiger partial charge on any atom is 0.258 e. The second kappa shape index (κ2) is 7.29. The van der Waals surface area contributed by atoms with E-state index >= 15 is 0 Å². The summed E-state index contributed by atoms with van der Waals surface area (Å²) >= 11 is 4.91. The number of benzene rings is 2. The summed E-state index contributed by atoms with van der Waals surface area (Å²) < 4.78 is 46.4. The fraction of sp³-hybridized carbons (Fsp3) is 0.235. The lowest BCUT2D eigenvalue weighted by molar-refractivity contribution is 0.0754. The highest BCUT2D eigenvalue weighted by Gasteiger charge is 2.33. The highest BCUT2D eigenvalue weighted by Crippen LogP contribution is 2.41. The lowest BCUT2D eigenvalue weighted by Gasteiger charge is -2.25. The molecule has 1 fully saturated rings. The average molecular weight is 432 g/mol. The summed E-state index contributed by atoms with van der Waals surface area (Å²) in [5.74, 6) is -3.78. The van der Waals surface area contributed by atoms with E-state index < -0.39 is 28.9 Å². The van der Waals surface area contributed by atoms with Crippen LogP contribution < -0.4 is 4.74 Å². The number of nitrogens with zero attached hydrogens (tertiary/aromatic N) is 1. The van der Waals surface area contributed by atoms with Gasteiger partial charge < -0.3 is 9.64 Å². The van der Waals surface area contributed by atoms with Gasteiger partial charge in [-0.2, -0.15) is 0 Å². The van der Waals surface area contributed by atoms with Crippen LogP contribution >= 0.6 is 27.7 Å². The molecule has 0 aliphatic carbocycles. The van der Waals surface area contributed by atoms with Crippen LogP contribution in [-0.2, 0) is 0 Å². The Labute approximate surface area is 155 Å². The third kappa shape index (κ3) is 3.37. The average Bonchev–Trinajstić information content (AvgIpc) is 3.09. The van der Waals surface area contributed by atoms with Crippen molar-refractivity contribution in [1.82, 2.24) is 4.90 Å². The van der Waals surface area contributed by atoms with Crippen molar-refractivity contribution in [3.05, 3.63) is 63.4 Å². The number of carbonyl (C=O) groups is 1. The van der Waals surface area contributed by atoms with Gasteiger partial charge in [-0.05, 0) is 45.8 Å². The van der Waals surface area contributed by atoms with Gasteiger partial charge in [-0.15, -0.1) is 11.8 Å². The van der Waals surface area contributed by atoms with Gasteiger partial charge in [-0.25, -0.2) is 13.2 Å². The molecule has 25 heavy (non-hydrogen) atoms. The second-order valence-corrected chi connectivity index (χ2v) is 7.38. The molecule has 132 valence electrons. The van der Waals surface area contributed by atoms with Crippen LogP contribution in [-0.4, -0.2) is 30.2 Å². The number of hydrogen-bond donors (Lipinski definition) is 0. The van der Waals surface area contributed by atoms with Crippen LogP contribution in [0.5, 0.6) is 5.75 Å². The van der Waals surface area contributed by atoms with Crippen molar-refractivity contribution in [1.29, 1.82) is 0 Å². The van der Waals surface area contributed by atoms with Gasteiger partial charge in [0.1, 0.15) is 11.1 Å². The zero-order chi connectivity index (χ0) is 18.1. The van der Waals surface area contributed by atoms with Crippen LogP contribution in [0.1, 0.15) is 21.3 Å². The second-order valence-electron chi connectivity index (χ2n) is 5.34. The molecule has 0 spiro atoms. The van der Waals surface area contributed by atoms with Gasteiger partial charge in [0, 0.05) is 12.3 Å². The first-order valence-electron chi connectivity index (χ1n) is 7.33. The van der Waals surface area contributed by atoms with Crippen molar-refractivity contribution in [3.8, 4) is 5.75 Å². The molecule has 1 heterocycles. The molecule has 1 unspecified atom stereocenters. The van der Waals surface area contributed by atoms with Crippen molar-refractivity contribution < 1.29 is 22.7 Å². The molecule has 3 rings (SSSR count). The third-order valence-corrected chi connectivity index (χ3v) is 5.76. The Hall–Kier alpha value is -1.67. The van der Waals surface area contributed by atoms with Gasteiger partial charge >= 0.3 is 0 Å². The lowest BCUT2D eigenvalue weighted by Crippen LogP contribution is -2.31. The number of thioether (sulfide) groups is 1. The van der Waals surface area contributed by atoms with Gasteiger partial charge in [-0.1, -0.05) is 6.07 Å². The van der Waals surface area contributed by atoms with Crippen molar-refractivity contribution in [3.63, 3.8) is 0 Å². The molecule has 0 saturated carbocycles. The van der Waals surface area contributed by atoms with Gasteiger partial charge in [-0.3, -0.25) is 4.79 Å². The first-order valence-corrected chi connectivity index (χ1v) is 9.17. The number of methoxy groups -OCH3 is 1. The van der Waals surface area contributed by atoms with Gasteiger partial charge in [0.15, 0.2) is 17.5 Å². The minimum Gasteiger partial charge on any atom is -0.496 e. The Kier molecular flexibility index (Phi) is 5.29. The van der Waals surface area contributed by atoms with E-state index in [1.54, 1.807) is 13.2 Å². The van der Waals surface area contributed by atoms with Crippen LogP contribution in [0, 0.1) is 17.5 Å². The molecule has 1 amide bonds. The van der Waals surface area contributed by atoms with E-state index in [1.807, 2.05) is 12.1 Å². The Bertz CT molecular complexity index is 834. The SMILES string of the molecule is COc1ccc(C2SCCN2C(=O)c2ccc(F)c(F)c2F)cc1Br. The van der Waals surface area contributed by atoms with E-state index in [-0.39, 0.29) is 5.37 Å². The zero-order valence-electron chi connectivity index (χ0n) is 13.1. The van der Waals surface area contributed by atoms with Gasteiger partial charge in [0.25, 0.3) is 5.91 Å². The smallest absolute Gasteiger partial charge is 0.258 e. The molecule has 0 aromatic heterocycles. The first-order chi connectivity index (χ1) is 11.9. The van der Waals surface area contributed by atoms with E-state index in [0.717, 1.165) is 22.2 Å². The number of ether oxygens (including phenoxy) is 1. The summed E-state index contributed by atoms with van der Waals surface area (Å²) in [6, 6.07) is 7.13. The fourth-order valence-corrected chi connectivity index (χ4v) is 4.44. The summed E-state index contributed by atoms with van der Waals surface area (Å²) in [6.07, 6.45) is 0. The molecule has 0 radical (unpaired) electrons. The maximum absolute atomic E-state index is 14.0. The third-order valence-electron chi connectivity index (χ3n) is 3.88. The van der Waals surface area contributed by atoms with Crippen LogP contribution in [0.2, 0.25) is 0 Å². The van der Waals surface area contributed by atoms with Crippen molar-refractivity contribution >= 4 is 33.6 Å². The van der Waals surface area contributed by atoms with E-state index in [9.17, 15) is 18.0 Å². The minimum absolute atomic E-state index is 0.345. The van der Waals surface area contributed by atoms with Crippen LogP contribution in [0.4, 0.5) is 13.2 Å². The van der Waals surface area contributed by atoms with Crippen molar-refractivity contribution in [2.24, 2.45) is 0 Å². The van der Waals surface area contributed by atoms with Gasteiger partial charge in [0.05, 0.1) is 17.1 Å². The summed E-state index contributed by atoms with van der Waals surface area (Å²) in [6.45, 7) is 0.385. The predicted octanol–water partition coefficient (Wildman–Crippen LogP) is 4.76. The van der Waals surface area contributed by atoms with Gasteiger partial charge in [0.2, 0.25) is 0 Å². The summed E-state index contributed by atoms with van der Waals surface area (Å²) in [5.41, 5.74) is 0.352. The molecule has 8 heteroatoms. The number of amides is 1. The summed E-state index contributed by atoms with van der Waals surface area (Å²) in [4.78, 5) is 14.1. The summed E-state index contributed by atoms with van der Waals surface area (Å²) in [5, 5.41) is -0.345. The van der Waals surface area contributed by atoms with Crippen LogP contribution in [0.15, 0.2) is 34.8 Å². The number of carbonyl (C=O) groups excluding carboxylic acids is 1. The van der Waals surface area contributed by atoms with Crippen LogP contribution in [0.3, 0.4) is 0 Å². The Morgan fingerprint density at radius 2 is 2.00 bits per heavy atom. The number of hydrogen-bond acceptors (Lipinski definition) is 3. The van der Waals surface area contributed by atoms with Crippen molar-refractivity contribution in [2.45, 2.75) is 5.37 Å². The molecular weight excluding hydrogens is 419 g/mol. The number of halogens is 4. The number of rotatable bonds is 3. The molecule has 1 aliphatic heterocycles. The first kappa shape index (κ1) is 18.1. The highest BCUT2D eigenvalue weighted by molar-refractivity contribution is 9.10. The monoisotopic (exact) mass is 431 g/mol.